The minimum Gasteiger partial charge on any atom is -0.726 e. The van der Waals surface area contributed by atoms with Gasteiger partial charge in [-0.05, 0) is 0 Å². The minimum absolute atomic E-state index is 0. The molecular weight excluding hydrogens is 193 g/mol. The Hall–Kier alpha value is 0.287. The predicted molar refractivity (Wildman–Crippen MR) is 27.6 cm³/mol. The van der Waals surface area contributed by atoms with Gasteiger partial charge in [0.05, 0.1) is 13.2 Å². The molecule has 0 amide bonds. The molecule has 0 spiro atoms. The third-order valence-electron chi connectivity index (χ3n) is 0.555. The largest absolute Gasteiger partial charge is 1.00 e. The summed E-state index contributed by atoms with van der Waals surface area (Å²) in [6.07, 6.45) is 0. The van der Waals surface area contributed by atoms with E-state index in [1.54, 1.807) is 0 Å². The van der Waals surface area contributed by atoms with Gasteiger partial charge < -0.3 is 9.29 Å². The van der Waals surface area contributed by atoms with Gasteiger partial charge in [0.15, 0.2) is 0 Å². The standard InChI is InChI=1S/C3H6F2O5S.Li/c4-3(5)9-1-2-10-11(6,7)8;/h3H,1-2H2,(H,6,7,8);/q;+1/p-1. The first-order chi connectivity index (χ1) is 4.92. The van der Waals surface area contributed by atoms with Crippen molar-refractivity contribution in [3.63, 3.8) is 0 Å². The molecule has 0 aliphatic heterocycles. The molecule has 68 valence electrons. The molecule has 0 rings (SSSR count). The smallest absolute Gasteiger partial charge is 0.726 e. The van der Waals surface area contributed by atoms with Crippen LogP contribution in [0.4, 0.5) is 8.78 Å². The van der Waals surface area contributed by atoms with Crippen molar-refractivity contribution >= 4 is 10.4 Å². The summed E-state index contributed by atoms with van der Waals surface area (Å²) in [5.41, 5.74) is 0. The van der Waals surface area contributed by atoms with Crippen molar-refractivity contribution in [2.75, 3.05) is 13.2 Å². The quantitative estimate of drug-likeness (QED) is 0.200. The molecule has 0 aromatic carbocycles. The summed E-state index contributed by atoms with van der Waals surface area (Å²) in [7, 11) is -4.80. The maximum Gasteiger partial charge on any atom is 1.00 e. The van der Waals surface area contributed by atoms with E-state index in [-0.39, 0.29) is 18.9 Å². The van der Waals surface area contributed by atoms with Gasteiger partial charge in [-0.2, -0.15) is 8.78 Å². The van der Waals surface area contributed by atoms with Crippen molar-refractivity contribution in [2.45, 2.75) is 6.61 Å². The van der Waals surface area contributed by atoms with E-state index < -0.39 is 30.2 Å². The Balaban J connectivity index is 0. The Morgan fingerprint density at radius 2 is 1.83 bits per heavy atom. The molecule has 0 unspecified atom stereocenters. The third kappa shape index (κ3) is 12.9. The van der Waals surface area contributed by atoms with Crippen LogP contribution in [0.25, 0.3) is 0 Å². The second-order valence-corrected chi connectivity index (χ2v) is 2.41. The summed E-state index contributed by atoms with van der Waals surface area (Å²) in [4.78, 5) is 0. The number of rotatable bonds is 5. The van der Waals surface area contributed by atoms with E-state index in [4.69, 9.17) is 0 Å². The molecule has 12 heavy (non-hydrogen) atoms. The normalized spacial score (nSPS) is 11.3. The van der Waals surface area contributed by atoms with Crippen LogP contribution in [0.3, 0.4) is 0 Å². The van der Waals surface area contributed by atoms with Gasteiger partial charge in [0.2, 0.25) is 10.4 Å². The van der Waals surface area contributed by atoms with Gasteiger partial charge in [0.25, 0.3) is 0 Å². The van der Waals surface area contributed by atoms with Crippen LogP contribution in [0.5, 0.6) is 0 Å². The average Bonchev–Trinajstić information content (AvgIpc) is 1.78. The number of hydrogen-bond donors (Lipinski definition) is 0. The number of hydrogen-bond acceptors (Lipinski definition) is 5. The van der Waals surface area contributed by atoms with Gasteiger partial charge in [-0.25, -0.2) is 8.42 Å². The first-order valence-corrected chi connectivity index (χ1v) is 3.75. The molecule has 0 N–H and O–H groups in total. The van der Waals surface area contributed by atoms with Gasteiger partial charge in [0, 0.05) is 0 Å². The zero-order valence-corrected chi connectivity index (χ0v) is 7.01. The Kier molecular flexibility index (Phi) is 8.34. The van der Waals surface area contributed by atoms with Crippen molar-refractivity contribution in [1.82, 2.24) is 0 Å². The minimum atomic E-state index is -4.80. The molecular formula is C3H5F2LiO5S. The van der Waals surface area contributed by atoms with Gasteiger partial charge in [-0.1, -0.05) is 0 Å². The predicted octanol–water partition coefficient (Wildman–Crippen LogP) is -3.29. The maximum absolute atomic E-state index is 11.1. The fourth-order valence-corrected chi connectivity index (χ4v) is 0.545. The molecule has 0 heterocycles. The SMILES string of the molecule is O=S(=O)([O-])OCCOC(F)F.[Li+]. The molecule has 0 saturated carbocycles. The van der Waals surface area contributed by atoms with Crippen LogP contribution in [-0.2, 0) is 19.3 Å². The van der Waals surface area contributed by atoms with Crippen molar-refractivity contribution in [2.24, 2.45) is 0 Å². The second kappa shape index (κ2) is 6.77. The Bertz CT molecular complexity index is 193. The molecule has 9 heteroatoms. The van der Waals surface area contributed by atoms with Crippen LogP contribution in [0.15, 0.2) is 0 Å². The van der Waals surface area contributed by atoms with Crippen LogP contribution in [0.1, 0.15) is 0 Å². The molecule has 0 bridgehead atoms. The van der Waals surface area contributed by atoms with Crippen molar-refractivity contribution in [1.29, 1.82) is 0 Å². The molecule has 5 nitrogen and oxygen atoms in total. The van der Waals surface area contributed by atoms with E-state index in [2.05, 4.69) is 8.92 Å². The van der Waals surface area contributed by atoms with E-state index in [1.165, 1.54) is 0 Å². The summed E-state index contributed by atoms with van der Waals surface area (Å²) in [5, 5.41) is 0. The molecule has 0 aromatic rings. The Morgan fingerprint density at radius 1 is 1.33 bits per heavy atom. The second-order valence-electron chi connectivity index (χ2n) is 1.36. The molecule has 0 aromatic heterocycles. The van der Waals surface area contributed by atoms with Gasteiger partial charge in [0.1, 0.15) is 0 Å². The summed E-state index contributed by atoms with van der Waals surface area (Å²) in [6, 6.07) is 0. The van der Waals surface area contributed by atoms with Crippen molar-refractivity contribution < 1.29 is 49.5 Å². The van der Waals surface area contributed by atoms with Crippen molar-refractivity contribution in [3.05, 3.63) is 0 Å². The van der Waals surface area contributed by atoms with Crippen LogP contribution in [0.2, 0.25) is 0 Å². The van der Waals surface area contributed by atoms with Crippen LogP contribution < -0.4 is 18.9 Å². The van der Waals surface area contributed by atoms with Crippen LogP contribution in [0, 0.1) is 0 Å². The van der Waals surface area contributed by atoms with Crippen LogP contribution in [-0.4, -0.2) is 32.8 Å². The topological polar surface area (TPSA) is 75.7 Å². The summed E-state index contributed by atoms with van der Waals surface area (Å²) >= 11 is 0. The maximum atomic E-state index is 11.1. The summed E-state index contributed by atoms with van der Waals surface area (Å²) in [5.74, 6) is 0. The average molecular weight is 198 g/mol. The number of alkyl halides is 2. The first-order valence-electron chi connectivity index (χ1n) is 2.42. The summed E-state index contributed by atoms with van der Waals surface area (Å²) < 4.78 is 58.4. The van der Waals surface area contributed by atoms with E-state index in [0.717, 1.165) is 0 Å². The Morgan fingerprint density at radius 3 is 2.17 bits per heavy atom. The molecule has 0 radical (unpaired) electrons. The molecule has 0 saturated heterocycles. The van der Waals surface area contributed by atoms with Gasteiger partial charge in [-0.15, -0.1) is 0 Å². The molecule has 0 aliphatic carbocycles. The zero-order valence-electron chi connectivity index (χ0n) is 6.20. The number of ether oxygens (including phenoxy) is 1. The summed E-state index contributed by atoms with van der Waals surface area (Å²) in [6.45, 7) is -4.33. The Labute approximate surface area is 80.2 Å². The van der Waals surface area contributed by atoms with E-state index in [0.29, 0.717) is 0 Å². The van der Waals surface area contributed by atoms with E-state index in [9.17, 15) is 21.8 Å². The van der Waals surface area contributed by atoms with Gasteiger partial charge >= 0.3 is 25.5 Å². The van der Waals surface area contributed by atoms with E-state index >= 15 is 0 Å². The molecule has 0 atom stereocenters. The molecule has 0 aliphatic rings. The third-order valence-corrected chi connectivity index (χ3v) is 1.01. The van der Waals surface area contributed by atoms with Crippen molar-refractivity contribution in [3.8, 4) is 0 Å². The van der Waals surface area contributed by atoms with Crippen LogP contribution >= 0.6 is 0 Å². The number of halogens is 2. The fourth-order valence-electron chi connectivity index (χ4n) is 0.273. The van der Waals surface area contributed by atoms with E-state index in [1.807, 2.05) is 0 Å². The molecule has 0 fully saturated rings. The zero-order chi connectivity index (χ0) is 8.91. The first kappa shape index (κ1) is 14.8. The van der Waals surface area contributed by atoms with Gasteiger partial charge in [-0.3, -0.25) is 4.18 Å². The monoisotopic (exact) mass is 198 g/mol. The fraction of sp³-hybridized carbons (Fsp3) is 1.00.